The molecular formula is C16H19N3O3S. The van der Waals surface area contributed by atoms with Gasteiger partial charge >= 0.3 is 0 Å². The van der Waals surface area contributed by atoms with Crippen LogP contribution >= 0.6 is 0 Å². The van der Waals surface area contributed by atoms with Crippen LogP contribution in [0, 0.1) is 6.92 Å². The lowest BCUT2D eigenvalue weighted by molar-refractivity contribution is 0.1000. The molecule has 7 heteroatoms. The summed E-state index contributed by atoms with van der Waals surface area (Å²) in [4.78, 5) is 15.5. The van der Waals surface area contributed by atoms with Crippen LogP contribution in [0.4, 0.5) is 0 Å². The molecule has 0 fully saturated rings. The van der Waals surface area contributed by atoms with Crippen molar-refractivity contribution in [2.45, 2.75) is 31.7 Å². The number of carbonyl (C=O) groups excluding carboxylic acids is 1. The zero-order valence-electron chi connectivity index (χ0n) is 13.0. The van der Waals surface area contributed by atoms with Gasteiger partial charge in [-0.15, -0.1) is 0 Å². The van der Waals surface area contributed by atoms with Crippen LogP contribution in [0.2, 0.25) is 0 Å². The minimum absolute atomic E-state index is 0.0141. The van der Waals surface area contributed by atoms with Gasteiger partial charge in [0.05, 0.1) is 17.1 Å². The molecule has 2 rings (SSSR count). The highest BCUT2D eigenvalue weighted by Crippen LogP contribution is 2.15. The predicted octanol–water partition coefficient (Wildman–Crippen LogP) is 1.53. The first-order valence-electron chi connectivity index (χ1n) is 7.17. The lowest BCUT2D eigenvalue weighted by Crippen LogP contribution is -2.25. The van der Waals surface area contributed by atoms with Crippen molar-refractivity contribution in [2.75, 3.05) is 0 Å². The van der Waals surface area contributed by atoms with Gasteiger partial charge in [-0.2, -0.15) is 0 Å². The van der Waals surface area contributed by atoms with Gasteiger partial charge in [0.15, 0.2) is 0 Å². The summed E-state index contributed by atoms with van der Waals surface area (Å²) in [5.74, 6) is -0.664. The zero-order valence-corrected chi connectivity index (χ0v) is 13.9. The summed E-state index contributed by atoms with van der Waals surface area (Å²) in [7, 11) is -3.76. The van der Waals surface area contributed by atoms with Gasteiger partial charge in [-0.1, -0.05) is 13.0 Å². The van der Waals surface area contributed by atoms with E-state index in [1.807, 2.05) is 19.1 Å². The molecule has 2 aromatic rings. The number of nitrogens with zero attached hydrogens (tertiary/aromatic N) is 1. The molecule has 0 saturated carbocycles. The zero-order chi connectivity index (χ0) is 17.0. The van der Waals surface area contributed by atoms with Gasteiger partial charge in [0, 0.05) is 11.8 Å². The molecule has 0 bridgehead atoms. The fraction of sp³-hybridized carbons (Fsp3) is 0.250. The van der Waals surface area contributed by atoms with Crippen LogP contribution in [0.5, 0.6) is 0 Å². The highest BCUT2D eigenvalue weighted by atomic mass is 32.2. The Bertz CT molecular complexity index is 832. The van der Waals surface area contributed by atoms with E-state index in [9.17, 15) is 13.2 Å². The molecule has 0 radical (unpaired) electrons. The van der Waals surface area contributed by atoms with Crippen LogP contribution in [0.1, 0.15) is 34.1 Å². The van der Waals surface area contributed by atoms with Gasteiger partial charge < -0.3 is 5.73 Å². The quantitative estimate of drug-likeness (QED) is 0.837. The number of sulfonamides is 1. The lowest BCUT2D eigenvalue weighted by Gasteiger charge is -2.10. The molecule has 1 aromatic heterocycles. The Hall–Kier alpha value is -2.25. The van der Waals surface area contributed by atoms with Crippen molar-refractivity contribution in [3.8, 4) is 0 Å². The van der Waals surface area contributed by atoms with Crippen molar-refractivity contribution < 1.29 is 13.2 Å². The third kappa shape index (κ3) is 4.14. The van der Waals surface area contributed by atoms with Crippen molar-refractivity contribution in [3.05, 3.63) is 58.9 Å². The molecule has 1 aromatic carbocycles. The van der Waals surface area contributed by atoms with Crippen LogP contribution in [0.3, 0.4) is 0 Å². The number of hydrogen-bond acceptors (Lipinski definition) is 4. The summed E-state index contributed by atoms with van der Waals surface area (Å²) < 4.78 is 27.4. The van der Waals surface area contributed by atoms with E-state index in [1.54, 1.807) is 19.2 Å². The largest absolute Gasteiger partial charge is 0.366 e. The average molecular weight is 333 g/mol. The standard InChI is InChI=1S/C16H19N3O3S/c1-3-12-5-4-6-18-15(12)10-19-23(21,22)14-8-11(2)7-13(9-14)16(17)20/h4-9,19H,3,10H2,1-2H3,(H2,17,20). The van der Waals surface area contributed by atoms with Gasteiger partial charge in [0.25, 0.3) is 0 Å². The first-order valence-corrected chi connectivity index (χ1v) is 8.65. The number of amides is 1. The van der Waals surface area contributed by atoms with E-state index < -0.39 is 15.9 Å². The highest BCUT2D eigenvalue weighted by Gasteiger charge is 2.17. The monoisotopic (exact) mass is 333 g/mol. The third-order valence-electron chi connectivity index (χ3n) is 3.44. The number of benzene rings is 1. The molecule has 0 aliphatic rings. The summed E-state index contributed by atoms with van der Waals surface area (Å²) in [5, 5.41) is 0. The highest BCUT2D eigenvalue weighted by molar-refractivity contribution is 7.89. The summed E-state index contributed by atoms with van der Waals surface area (Å²) in [6, 6.07) is 8.05. The van der Waals surface area contributed by atoms with E-state index in [4.69, 9.17) is 5.73 Å². The Morgan fingerprint density at radius 2 is 2.04 bits per heavy atom. The molecule has 1 amide bonds. The molecule has 1 heterocycles. The number of rotatable bonds is 6. The average Bonchev–Trinajstić information content (AvgIpc) is 2.52. The Kier molecular flexibility index (Phi) is 5.12. The second-order valence-electron chi connectivity index (χ2n) is 5.19. The predicted molar refractivity (Wildman–Crippen MR) is 87.3 cm³/mol. The number of primary amides is 1. The molecule has 0 spiro atoms. The number of nitrogens with one attached hydrogen (secondary N) is 1. The molecule has 6 nitrogen and oxygen atoms in total. The molecule has 0 unspecified atom stereocenters. The smallest absolute Gasteiger partial charge is 0.248 e. The lowest BCUT2D eigenvalue weighted by atomic mass is 10.1. The maximum Gasteiger partial charge on any atom is 0.248 e. The Labute approximate surface area is 135 Å². The van der Waals surface area contributed by atoms with Gasteiger partial charge in [-0.3, -0.25) is 9.78 Å². The van der Waals surface area contributed by atoms with Crippen LogP contribution in [0.25, 0.3) is 0 Å². The summed E-state index contributed by atoms with van der Waals surface area (Å²) >= 11 is 0. The Morgan fingerprint density at radius 1 is 1.30 bits per heavy atom. The van der Waals surface area contributed by atoms with Crippen LogP contribution in [-0.2, 0) is 23.0 Å². The van der Waals surface area contributed by atoms with E-state index in [-0.39, 0.29) is 17.0 Å². The number of nitrogens with two attached hydrogens (primary N) is 1. The summed E-state index contributed by atoms with van der Waals surface area (Å²) in [6.45, 7) is 3.78. The summed E-state index contributed by atoms with van der Waals surface area (Å²) in [6.07, 6.45) is 2.39. The van der Waals surface area contributed by atoms with E-state index in [0.717, 1.165) is 12.0 Å². The first-order chi connectivity index (χ1) is 10.8. The van der Waals surface area contributed by atoms with Crippen LogP contribution in [0.15, 0.2) is 41.4 Å². The normalized spacial score (nSPS) is 11.4. The van der Waals surface area contributed by atoms with Gasteiger partial charge in [-0.25, -0.2) is 13.1 Å². The molecule has 3 N–H and O–H groups in total. The second-order valence-corrected chi connectivity index (χ2v) is 6.95. The number of hydrogen-bond donors (Lipinski definition) is 2. The van der Waals surface area contributed by atoms with Gasteiger partial charge in [-0.05, 0) is 48.7 Å². The van der Waals surface area contributed by atoms with Crippen molar-refractivity contribution in [1.82, 2.24) is 9.71 Å². The Balaban J connectivity index is 2.27. The van der Waals surface area contributed by atoms with Crippen molar-refractivity contribution in [2.24, 2.45) is 5.73 Å². The maximum atomic E-state index is 12.4. The molecule has 23 heavy (non-hydrogen) atoms. The van der Waals surface area contributed by atoms with E-state index >= 15 is 0 Å². The number of aryl methyl sites for hydroxylation is 2. The molecule has 0 atom stereocenters. The van der Waals surface area contributed by atoms with Crippen molar-refractivity contribution in [3.63, 3.8) is 0 Å². The first kappa shape index (κ1) is 17.1. The second kappa shape index (κ2) is 6.89. The van der Waals surface area contributed by atoms with Crippen LogP contribution in [-0.4, -0.2) is 19.3 Å². The maximum absolute atomic E-state index is 12.4. The molecular weight excluding hydrogens is 314 g/mol. The molecule has 0 aliphatic carbocycles. The topological polar surface area (TPSA) is 102 Å². The fourth-order valence-corrected chi connectivity index (χ4v) is 3.36. The van der Waals surface area contributed by atoms with E-state index in [1.165, 1.54) is 12.1 Å². The fourth-order valence-electron chi connectivity index (χ4n) is 2.24. The van der Waals surface area contributed by atoms with Crippen LogP contribution < -0.4 is 10.5 Å². The van der Waals surface area contributed by atoms with E-state index in [0.29, 0.717) is 11.3 Å². The van der Waals surface area contributed by atoms with Crippen molar-refractivity contribution in [1.29, 1.82) is 0 Å². The Morgan fingerprint density at radius 3 is 2.70 bits per heavy atom. The van der Waals surface area contributed by atoms with Gasteiger partial charge in [0.1, 0.15) is 0 Å². The van der Waals surface area contributed by atoms with Gasteiger partial charge in [0.2, 0.25) is 15.9 Å². The minimum Gasteiger partial charge on any atom is -0.366 e. The van der Waals surface area contributed by atoms with Crippen molar-refractivity contribution >= 4 is 15.9 Å². The summed E-state index contributed by atoms with van der Waals surface area (Å²) in [5.41, 5.74) is 7.71. The van der Waals surface area contributed by atoms with E-state index in [2.05, 4.69) is 9.71 Å². The molecule has 0 saturated heterocycles. The minimum atomic E-state index is -3.76. The third-order valence-corrected chi connectivity index (χ3v) is 4.82. The molecule has 0 aliphatic heterocycles. The number of carbonyl (C=O) groups is 1. The number of aromatic nitrogens is 1. The number of pyridine rings is 1. The molecule has 122 valence electrons. The SMILES string of the molecule is CCc1cccnc1CNS(=O)(=O)c1cc(C)cc(C(N)=O)c1.